The number of benzene rings is 2. The first-order chi connectivity index (χ1) is 15.7. The Labute approximate surface area is 194 Å². The van der Waals surface area contributed by atoms with E-state index >= 15 is 0 Å². The Kier molecular flexibility index (Phi) is 6.25. The summed E-state index contributed by atoms with van der Waals surface area (Å²) >= 11 is 1.26. The van der Waals surface area contributed by atoms with E-state index in [2.05, 4.69) is 20.0 Å². The third kappa shape index (κ3) is 5.10. The van der Waals surface area contributed by atoms with Gasteiger partial charge in [-0.15, -0.1) is 11.3 Å². The van der Waals surface area contributed by atoms with Crippen LogP contribution in [-0.4, -0.2) is 43.8 Å². The zero-order chi connectivity index (χ0) is 23.6. The van der Waals surface area contributed by atoms with Crippen molar-refractivity contribution < 1.29 is 22.7 Å². The number of rotatable bonds is 6. The number of aliphatic imine (C=N–C) groups is 1. The normalized spacial score (nSPS) is 16.0. The maximum absolute atomic E-state index is 12.3. The molecule has 0 aliphatic carbocycles. The second-order valence-electron chi connectivity index (χ2n) is 7.32. The molecule has 1 aromatic heterocycles. The highest BCUT2D eigenvalue weighted by atomic mass is 32.2. The van der Waals surface area contributed by atoms with Crippen LogP contribution in [0.2, 0.25) is 0 Å². The Morgan fingerprint density at radius 2 is 1.91 bits per heavy atom. The molecule has 3 aromatic rings. The van der Waals surface area contributed by atoms with Crippen molar-refractivity contribution in [3.8, 4) is 11.3 Å². The molecule has 4 rings (SSSR count). The van der Waals surface area contributed by atoms with Gasteiger partial charge in [0.25, 0.3) is 15.9 Å². The summed E-state index contributed by atoms with van der Waals surface area (Å²) in [5.41, 5.74) is 3.18. The van der Waals surface area contributed by atoms with Gasteiger partial charge in [-0.05, 0) is 26.0 Å². The zero-order valence-corrected chi connectivity index (χ0v) is 19.4. The van der Waals surface area contributed by atoms with Crippen molar-refractivity contribution in [3.63, 3.8) is 0 Å². The van der Waals surface area contributed by atoms with Crippen LogP contribution in [0.1, 0.15) is 18.1 Å². The molecule has 11 heteroatoms. The number of carbonyl (C=O) groups excluding carboxylic acids is 2. The number of aryl methyl sites for hydroxylation is 1. The number of hydrogen-bond acceptors (Lipinski definition) is 8. The molecule has 170 valence electrons. The second-order valence-corrected chi connectivity index (χ2v) is 9.82. The largest absolute Gasteiger partial charge is 0.454 e. The third-order valence-corrected chi connectivity index (χ3v) is 6.92. The fourth-order valence-corrected chi connectivity index (χ4v) is 5.05. The van der Waals surface area contributed by atoms with E-state index in [1.807, 2.05) is 36.6 Å². The molecular formula is C22H20N4O5S2. The van der Waals surface area contributed by atoms with Crippen LogP contribution >= 0.6 is 11.3 Å². The number of nitrogens with zero attached hydrogens (tertiary/aromatic N) is 2. The van der Waals surface area contributed by atoms with Crippen LogP contribution in [0.25, 0.3) is 11.3 Å². The molecule has 1 unspecified atom stereocenters. The van der Waals surface area contributed by atoms with Crippen molar-refractivity contribution >= 4 is 44.2 Å². The fraction of sp³-hybridized carbons (Fsp3) is 0.182. The van der Waals surface area contributed by atoms with Crippen LogP contribution in [0.3, 0.4) is 0 Å². The molecule has 9 nitrogen and oxygen atoms in total. The average molecular weight is 485 g/mol. The number of hydrogen-bond donors (Lipinski definition) is 2. The van der Waals surface area contributed by atoms with E-state index in [9.17, 15) is 18.0 Å². The molecule has 0 bridgehead atoms. The van der Waals surface area contributed by atoms with Crippen molar-refractivity contribution in [1.29, 1.82) is 0 Å². The SMILES string of the molecule is Cc1ccc(-c2csc(NC(=O)COC(=O)C(C)N=C3NS(=O)(=O)c4ccccc43)n2)cc1. The number of amidine groups is 1. The van der Waals surface area contributed by atoms with Crippen molar-refractivity contribution in [1.82, 2.24) is 9.71 Å². The monoisotopic (exact) mass is 484 g/mol. The first kappa shape index (κ1) is 22.6. The lowest BCUT2D eigenvalue weighted by atomic mass is 10.1. The van der Waals surface area contributed by atoms with Crippen molar-refractivity contribution in [2.45, 2.75) is 24.8 Å². The van der Waals surface area contributed by atoms with Crippen molar-refractivity contribution in [3.05, 3.63) is 65.0 Å². The van der Waals surface area contributed by atoms with Crippen LogP contribution in [-0.2, 0) is 24.3 Å². The predicted molar refractivity (Wildman–Crippen MR) is 125 cm³/mol. The topological polar surface area (TPSA) is 127 Å². The lowest BCUT2D eigenvalue weighted by Gasteiger charge is -2.09. The number of fused-ring (bicyclic) bond motifs is 1. The quantitative estimate of drug-likeness (QED) is 0.518. The summed E-state index contributed by atoms with van der Waals surface area (Å²) in [7, 11) is -3.71. The highest BCUT2D eigenvalue weighted by molar-refractivity contribution is 7.90. The number of esters is 1. The molecule has 0 spiro atoms. The third-order valence-electron chi connectivity index (χ3n) is 4.77. The number of thiazole rings is 1. The summed E-state index contributed by atoms with van der Waals surface area (Å²) < 4.78 is 31.6. The van der Waals surface area contributed by atoms with E-state index in [4.69, 9.17) is 4.74 Å². The number of nitrogens with one attached hydrogen (secondary N) is 2. The highest BCUT2D eigenvalue weighted by Gasteiger charge is 2.31. The fourth-order valence-electron chi connectivity index (χ4n) is 3.08. The van der Waals surface area contributed by atoms with Gasteiger partial charge in [0.15, 0.2) is 11.7 Å². The summed E-state index contributed by atoms with van der Waals surface area (Å²) in [6.07, 6.45) is 0. The molecule has 0 radical (unpaired) electrons. The summed E-state index contributed by atoms with van der Waals surface area (Å²) in [6, 6.07) is 13.2. The van der Waals surface area contributed by atoms with Crippen LogP contribution in [0, 0.1) is 6.92 Å². The van der Waals surface area contributed by atoms with Gasteiger partial charge in [0.05, 0.1) is 10.6 Å². The molecule has 0 fully saturated rings. The molecule has 1 aliphatic heterocycles. The second kappa shape index (κ2) is 9.12. The number of amides is 1. The number of ether oxygens (including phenoxy) is 1. The molecule has 33 heavy (non-hydrogen) atoms. The van der Waals surface area contributed by atoms with Gasteiger partial charge in [-0.1, -0.05) is 42.0 Å². The Hall–Kier alpha value is -3.57. The average Bonchev–Trinajstić information content (AvgIpc) is 3.35. The minimum absolute atomic E-state index is 0.0610. The van der Waals surface area contributed by atoms with E-state index in [-0.39, 0.29) is 10.7 Å². The number of carbonyl (C=O) groups is 2. The van der Waals surface area contributed by atoms with Crippen molar-refractivity contribution in [2.24, 2.45) is 4.99 Å². The number of sulfonamides is 1. The van der Waals surface area contributed by atoms with Crippen LogP contribution in [0.4, 0.5) is 5.13 Å². The first-order valence-corrected chi connectivity index (χ1v) is 12.3. The van der Waals surface area contributed by atoms with E-state index < -0.39 is 34.5 Å². The van der Waals surface area contributed by atoms with Gasteiger partial charge in [0.1, 0.15) is 11.9 Å². The lowest BCUT2D eigenvalue weighted by molar-refractivity contribution is -0.148. The number of anilines is 1. The maximum atomic E-state index is 12.3. The summed E-state index contributed by atoms with van der Waals surface area (Å²) in [5.74, 6) is -1.24. The summed E-state index contributed by atoms with van der Waals surface area (Å²) in [4.78, 5) is 33.0. The molecule has 2 heterocycles. The summed E-state index contributed by atoms with van der Waals surface area (Å²) in [5, 5.41) is 4.81. The van der Waals surface area contributed by atoms with Crippen LogP contribution in [0.5, 0.6) is 0 Å². The number of aromatic nitrogens is 1. The van der Waals surface area contributed by atoms with Gasteiger partial charge >= 0.3 is 5.97 Å². The Morgan fingerprint density at radius 1 is 1.18 bits per heavy atom. The minimum Gasteiger partial charge on any atom is -0.454 e. The van der Waals surface area contributed by atoms with Crippen LogP contribution in [0.15, 0.2) is 63.8 Å². The molecule has 1 amide bonds. The van der Waals surface area contributed by atoms with Gasteiger partial charge in [-0.25, -0.2) is 18.2 Å². The minimum atomic E-state index is -3.71. The molecule has 0 saturated carbocycles. The molecule has 1 aliphatic rings. The van der Waals surface area contributed by atoms with Gasteiger partial charge < -0.3 is 4.74 Å². The van der Waals surface area contributed by atoms with Crippen molar-refractivity contribution in [2.75, 3.05) is 11.9 Å². The van der Waals surface area contributed by atoms with Crippen LogP contribution < -0.4 is 10.0 Å². The zero-order valence-electron chi connectivity index (χ0n) is 17.7. The maximum Gasteiger partial charge on any atom is 0.331 e. The molecule has 2 N–H and O–H groups in total. The van der Waals surface area contributed by atoms with Gasteiger partial charge in [-0.2, -0.15) is 0 Å². The Balaban J connectivity index is 1.33. The van der Waals surface area contributed by atoms with Gasteiger partial charge in [0.2, 0.25) is 0 Å². The molecule has 1 atom stereocenters. The first-order valence-electron chi connectivity index (χ1n) is 9.92. The van der Waals surface area contributed by atoms with E-state index in [1.165, 1.54) is 24.3 Å². The van der Waals surface area contributed by atoms with E-state index in [1.54, 1.807) is 18.2 Å². The van der Waals surface area contributed by atoms with E-state index in [0.29, 0.717) is 10.7 Å². The van der Waals surface area contributed by atoms with E-state index in [0.717, 1.165) is 16.8 Å². The summed E-state index contributed by atoms with van der Waals surface area (Å²) in [6.45, 7) is 2.93. The van der Waals surface area contributed by atoms with Gasteiger partial charge in [-0.3, -0.25) is 19.8 Å². The molecule has 0 saturated heterocycles. The molecule has 2 aromatic carbocycles. The standard InChI is InChI=1S/C22H20N4O5S2/c1-13-7-9-15(10-8-13)17-12-32-22(24-17)25-19(27)11-31-21(28)14(2)23-20-16-5-3-4-6-18(16)33(29,30)26-20/h3-10,12,14H,11H2,1-2H3,(H,23,26)(H,24,25,27). The lowest BCUT2D eigenvalue weighted by Crippen LogP contribution is -2.28. The highest BCUT2D eigenvalue weighted by Crippen LogP contribution is 2.25. The molecular weight excluding hydrogens is 464 g/mol. The predicted octanol–water partition coefficient (Wildman–Crippen LogP) is 2.73. The van der Waals surface area contributed by atoms with Gasteiger partial charge in [0, 0.05) is 16.5 Å². The Bertz CT molecular complexity index is 1350. The Morgan fingerprint density at radius 3 is 2.67 bits per heavy atom. The smallest absolute Gasteiger partial charge is 0.331 e.